The van der Waals surface area contributed by atoms with E-state index in [0.29, 0.717) is 21.9 Å². The molecule has 0 radical (unpaired) electrons. The molecule has 0 aliphatic carbocycles. The summed E-state index contributed by atoms with van der Waals surface area (Å²) in [5, 5.41) is 15.9. The number of carbonyl (C=O) groups excluding carboxylic acids is 2. The van der Waals surface area contributed by atoms with Crippen LogP contribution in [0.3, 0.4) is 0 Å². The number of anilines is 1. The lowest BCUT2D eigenvalue weighted by atomic mass is 9.95. The number of fused-ring (bicyclic) bond motifs is 1. The minimum absolute atomic E-state index is 0.0104. The van der Waals surface area contributed by atoms with Gasteiger partial charge in [0, 0.05) is 11.5 Å². The Balaban J connectivity index is 1.68. The van der Waals surface area contributed by atoms with E-state index in [2.05, 4.69) is 5.16 Å². The third-order valence-electron chi connectivity index (χ3n) is 5.22. The molecule has 1 aliphatic rings. The molecule has 1 aliphatic heterocycles. The van der Waals surface area contributed by atoms with Crippen LogP contribution in [0.25, 0.3) is 11.0 Å². The number of Topliss-reactive ketones (excluding diaryl/α,β-unsaturated/α-hetero) is 1. The maximum atomic E-state index is 13.5. The minimum Gasteiger partial charge on any atom is -0.503 e. The lowest BCUT2D eigenvalue weighted by Gasteiger charge is -2.24. The molecule has 32 heavy (non-hydrogen) atoms. The van der Waals surface area contributed by atoms with Gasteiger partial charge in [-0.05, 0) is 36.8 Å². The second kappa shape index (κ2) is 7.55. The largest absolute Gasteiger partial charge is 0.503 e. The Kier molecular flexibility index (Phi) is 4.80. The van der Waals surface area contributed by atoms with Crippen molar-refractivity contribution in [2.75, 3.05) is 4.90 Å². The van der Waals surface area contributed by atoms with Crippen LogP contribution in [0.2, 0.25) is 10.0 Å². The predicted molar refractivity (Wildman–Crippen MR) is 118 cm³/mol. The van der Waals surface area contributed by atoms with Gasteiger partial charge in [0.2, 0.25) is 5.78 Å². The molecule has 2 aromatic heterocycles. The van der Waals surface area contributed by atoms with Crippen LogP contribution in [-0.2, 0) is 4.79 Å². The number of benzene rings is 2. The average molecular weight is 469 g/mol. The van der Waals surface area contributed by atoms with E-state index in [-0.39, 0.29) is 22.2 Å². The van der Waals surface area contributed by atoms with Crippen LogP contribution < -0.4 is 4.90 Å². The van der Waals surface area contributed by atoms with E-state index in [1.807, 2.05) is 6.07 Å². The van der Waals surface area contributed by atoms with Crippen LogP contribution in [0.15, 0.2) is 74.9 Å². The van der Waals surface area contributed by atoms with Crippen molar-refractivity contribution in [3.63, 3.8) is 0 Å². The molecule has 4 aromatic rings. The Morgan fingerprint density at radius 1 is 1.09 bits per heavy atom. The lowest BCUT2D eigenvalue weighted by molar-refractivity contribution is -0.117. The van der Waals surface area contributed by atoms with Crippen LogP contribution in [-0.4, -0.2) is 22.0 Å². The van der Waals surface area contributed by atoms with Gasteiger partial charge in [0.25, 0.3) is 5.91 Å². The summed E-state index contributed by atoms with van der Waals surface area (Å²) in [6.45, 7) is 1.67. The molecule has 9 heteroatoms. The molecule has 160 valence electrons. The van der Waals surface area contributed by atoms with E-state index in [0.717, 1.165) is 5.39 Å². The van der Waals surface area contributed by atoms with Crippen LogP contribution in [0.1, 0.15) is 27.9 Å². The van der Waals surface area contributed by atoms with Gasteiger partial charge in [-0.1, -0.05) is 52.6 Å². The first-order valence-corrected chi connectivity index (χ1v) is 10.3. The zero-order chi connectivity index (χ0) is 22.6. The summed E-state index contributed by atoms with van der Waals surface area (Å²) in [5.41, 5.74) is 0.806. The van der Waals surface area contributed by atoms with Gasteiger partial charge < -0.3 is 14.0 Å². The summed E-state index contributed by atoms with van der Waals surface area (Å²) >= 11 is 12.3. The Morgan fingerprint density at radius 2 is 1.88 bits per heavy atom. The number of carbonyl (C=O) groups is 2. The number of hydrogen-bond acceptors (Lipinski definition) is 6. The van der Waals surface area contributed by atoms with Gasteiger partial charge in [-0.2, -0.15) is 0 Å². The van der Waals surface area contributed by atoms with Crippen molar-refractivity contribution < 1.29 is 23.6 Å². The molecule has 0 unspecified atom stereocenters. The third-order valence-corrected chi connectivity index (χ3v) is 5.96. The van der Waals surface area contributed by atoms with Crippen molar-refractivity contribution in [2.24, 2.45) is 0 Å². The monoisotopic (exact) mass is 468 g/mol. The molecule has 0 spiro atoms. The highest BCUT2D eigenvalue weighted by molar-refractivity contribution is 6.42. The molecule has 1 amide bonds. The van der Waals surface area contributed by atoms with Gasteiger partial charge in [-0.15, -0.1) is 0 Å². The number of ketones is 1. The fraction of sp³-hybridized carbons (Fsp3) is 0.0870. The van der Waals surface area contributed by atoms with Crippen molar-refractivity contribution in [2.45, 2.75) is 13.0 Å². The molecule has 2 aromatic carbocycles. The van der Waals surface area contributed by atoms with Crippen molar-refractivity contribution in [1.82, 2.24) is 5.16 Å². The molecule has 0 fully saturated rings. The van der Waals surface area contributed by atoms with Gasteiger partial charge in [0.05, 0.1) is 21.7 Å². The van der Waals surface area contributed by atoms with Crippen molar-refractivity contribution in [3.05, 3.63) is 93.1 Å². The van der Waals surface area contributed by atoms with Gasteiger partial charge in [0.1, 0.15) is 11.3 Å². The highest BCUT2D eigenvalue weighted by Gasteiger charge is 2.46. The number of aliphatic hydroxyl groups excluding tert-OH is 1. The number of rotatable bonds is 4. The van der Waals surface area contributed by atoms with Crippen molar-refractivity contribution in [1.29, 1.82) is 0 Å². The number of aromatic nitrogens is 1. The van der Waals surface area contributed by atoms with Gasteiger partial charge in [-0.3, -0.25) is 14.5 Å². The maximum absolute atomic E-state index is 13.5. The second-order valence-electron chi connectivity index (χ2n) is 7.29. The summed E-state index contributed by atoms with van der Waals surface area (Å²) in [7, 11) is 0. The zero-order valence-corrected chi connectivity index (χ0v) is 18.0. The highest BCUT2D eigenvalue weighted by Crippen LogP contribution is 2.43. The van der Waals surface area contributed by atoms with Crippen LogP contribution in [0.4, 0.5) is 5.82 Å². The van der Waals surface area contributed by atoms with Gasteiger partial charge >= 0.3 is 0 Å². The fourth-order valence-corrected chi connectivity index (χ4v) is 4.07. The van der Waals surface area contributed by atoms with E-state index in [1.54, 1.807) is 43.3 Å². The Hall–Kier alpha value is -3.55. The molecular weight excluding hydrogens is 455 g/mol. The number of nitrogens with zero attached hydrogens (tertiary/aromatic N) is 2. The molecular formula is C23H14Cl2N2O5. The molecule has 1 N–H and O–H groups in total. The smallest absolute Gasteiger partial charge is 0.295 e. The number of halogens is 2. The first-order chi connectivity index (χ1) is 15.3. The Morgan fingerprint density at radius 3 is 2.56 bits per heavy atom. The summed E-state index contributed by atoms with van der Waals surface area (Å²) in [4.78, 5) is 27.7. The van der Waals surface area contributed by atoms with E-state index in [9.17, 15) is 14.7 Å². The van der Waals surface area contributed by atoms with Gasteiger partial charge in [-0.25, -0.2) is 0 Å². The fourth-order valence-electron chi connectivity index (χ4n) is 3.76. The SMILES string of the molecule is Cc1cc(N2C(=O)C(O)=C(C(=O)c3cc4ccccc4o3)[C@H]2c2ccc(Cl)c(Cl)c2)no1. The maximum Gasteiger partial charge on any atom is 0.295 e. The summed E-state index contributed by atoms with van der Waals surface area (Å²) < 4.78 is 10.8. The number of amides is 1. The Bertz CT molecular complexity index is 1400. The summed E-state index contributed by atoms with van der Waals surface area (Å²) in [6.07, 6.45) is 0. The number of hydrogen-bond donors (Lipinski definition) is 1. The quantitative estimate of drug-likeness (QED) is 0.379. The average Bonchev–Trinajstić information content (AvgIpc) is 3.46. The lowest BCUT2D eigenvalue weighted by Crippen LogP contribution is -2.31. The molecule has 5 rings (SSSR count). The van der Waals surface area contributed by atoms with Crippen molar-refractivity contribution in [3.8, 4) is 0 Å². The normalized spacial score (nSPS) is 16.4. The molecule has 0 saturated heterocycles. The predicted octanol–water partition coefficient (Wildman–Crippen LogP) is 5.82. The first kappa shape index (κ1) is 20.4. The molecule has 7 nitrogen and oxygen atoms in total. The zero-order valence-electron chi connectivity index (χ0n) is 16.5. The molecule has 0 saturated carbocycles. The summed E-state index contributed by atoms with van der Waals surface area (Å²) in [5.74, 6) is -1.55. The number of furan rings is 1. The molecule has 3 heterocycles. The van der Waals surface area contributed by atoms with Crippen molar-refractivity contribution >= 4 is 51.7 Å². The summed E-state index contributed by atoms with van der Waals surface area (Å²) in [6, 6.07) is 13.9. The van der Waals surface area contributed by atoms with E-state index < -0.39 is 23.5 Å². The molecule has 1 atom stereocenters. The van der Waals surface area contributed by atoms with Crippen LogP contribution in [0.5, 0.6) is 0 Å². The van der Waals surface area contributed by atoms with E-state index in [1.165, 1.54) is 17.0 Å². The Labute approximate surface area is 191 Å². The topological polar surface area (TPSA) is 96.8 Å². The second-order valence-corrected chi connectivity index (χ2v) is 8.10. The highest BCUT2D eigenvalue weighted by atomic mass is 35.5. The van der Waals surface area contributed by atoms with E-state index in [4.69, 9.17) is 32.1 Å². The van der Waals surface area contributed by atoms with Crippen LogP contribution >= 0.6 is 23.2 Å². The number of para-hydroxylation sites is 1. The standard InChI is InChI=1S/C23H14Cl2N2O5/c1-11-8-18(26-32-11)27-20(13-6-7-14(24)15(25)9-13)19(22(29)23(27)30)21(28)17-10-12-4-2-3-5-16(12)31-17/h2-10,20,29H,1H3/t20-/m1/s1. The number of aryl methyl sites for hydroxylation is 1. The number of aliphatic hydroxyl groups is 1. The van der Waals surface area contributed by atoms with E-state index >= 15 is 0 Å². The minimum atomic E-state index is -1.03. The molecule has 0 bridgehead atoms. The third kappa shape index (κ3) is 3.18. The van der Waals surface area contributed by atoms with Crippen LogP contribution in [0, 0.1) is 6.92 Å². The van der Waals surface area contributed by atoms with Gasteiger partial charge in [0.15, 0.2) is 17.3 Å². The first-order valence-electron chi connectivity index (χ1n) is 9.53.